The Kier molecular flexibility index (Phi) is 4.32. The summed E-state index contributed by atoms with van der Waals surface area (Å²) in [5.74, 6) is 1.03. The molecule has 0 spiro atoms. The number of aliphatic hydroxyl groups is 1. The van der Waals surface area contributed by atoms with Crippen molar-refractivity contribution in [2.24, 2.45) is 5.92 Å². The summed E-state index contributed by atoms with van der Waals surface area (Å²) in [6.07, 6.45) is 3.46. The lowest BCUT2D eigenvalue weighted by molar-refractivity contribution is -0.00997. The van der Waals surface area contributed by atoms with Crippen molar-refractivity contribution in [2.75, 3.05) is 20.6 Å². The molecule has 2 heteroatoms. The topological polar surface area (TPSA) is 23.5 Å². The Labute approximate surface area is 117 Å². The highest BCUT2D eigenvalue weighted by Gasteiger charge is 2.45. The molecule has 1 aromatic rings. The zero-order chi connectivity index (χ0) is 14.0. The molecule has 1 N–H and O–H groups in total. The van der Waals surface area contributed by atoms with E-state index in [4.69, 9.17) is 0 Å². The molecule has 0 radical (unpaired) electrons. The van der Waals surface area contributed by atoms with Crippen LogP contribution in [0.25, 0.3) is 0 Å². The molecule has 0 aliphatic heterocycles. The zero-order valence-electron chi connectivity index (χ0n) is 12.7. The number of hydrogen-bond donors (Lipinski definition) is 1. The average Bonchev–Trinajstić information content (AvgIpc) is 3.21. The lowest BCUT2D eigenvalue weighted by Crippen LogP contribution is -2.39. The van der Waals surface area contributed by atoms with Gasteiger partial charge in [-0.3, -0.25) is 0 Å². The Hall–Kier alpha value is -0.860. The minimum atomic E-state index is -0.669. The van der Waals surface area contributed by atoms with Crippen LogP contribution in [0.5, 0.6) is 0 Å². The molecular formula is C17H27NO. The molecule has 1 aromatic carbocycles. The summed E-state index contributed by atoms with van der Waals surface area (Å²) in [7, 11) is 4.06. The normalized spacial score (nSPS) is 20.3. The predicted octanol–water partition coefficient (Wildman–Crippen LogP) is 3.36. The van der Waals surface area contributed by atoms with Crippen LogP contribution >= 0.6 is 0 Å². The quantitative estimate of drug-likeness (QED) is 0.849. The maximum absolute atomic E-state index is 11.0. The second-order valence-corrected chi connectivity index (χ2v) is 6.37. The lowest BCUT2D eigenvalue weighted by atomic mass is 9.86. The van der Waals surface area contributed by atoms with Gasteiger partial charge >= 0.3 is 0 Å². The van der Waals surface area contributed by atoms with Crippen LogP contribution in [-0.4, -0.2) is 30.6 Å². The molecule has 0 aromatic heterocycles. The molecule has 2 atom stereocenters. The van der Waals surface area contributed by atoms with Gasteiger partial charge in [0.15, 0.2) is 0 Å². The second-order valence-electron chi connectivity index (χ2n) is 6.37. The average molecular weight is 261 g/mol. The van der Waals surface area contributed by atoms with E-state index in [0.29, 0.717) is 18.4 Å². The highest BCUT2D eigenvalue weighted by molar-refractivity contribution is 5.31. The van der Waals surface area contributed by atoms with Crippen LogP contribution in [0.15, 0.2) is 24.3 Å². The number of benzene rings is 1. The Morgan fingerprint density at radius 1 is 1.26 bits per heavy atom. The van der Waals surface area contributed by atoms with Crippen LogP contribution in [0.1, 0.15) is 50.2 Å². The van der Waals surface area contributed by atoms with Gasteiger partial charge in [0.05, 0.1) is 0 Å². The van der Waals surface area contributed by atoms with Crippen LogP contribution in [0.4, 0.5) is 0 Å². The third-order valence-electron chi connectivity index (χ3n) is 4.40. The molecule has 0 heterocycles. The minimum absolute atomic E-state index is 0.435. The first-order chi connectivity index (χ1) is 8.97. The lowest BCUT2D eigenvalue weighted by Gasteiger charge is -2.32. The molecule has 0 amide bonds. The molecule has 1 aliphatic rings. The Balaban J connectivity index is 2.22. The molecule has 1 saturated carbocycles. The summed E-state index contributed by atoms with van der Waals surface area (Å²) < 4.78 is 0. The van der Waals surface area contributed by atoms with E-state index >= 15 is 0 Å². The SMILES string of the molecule is CCC(C)c1ccc(C(O)(CN(C)C)C2CC2)cc1. The largest absolute Gasteiger partial charge is 0.384 e. The third-order valence-corrected chi connectivity index (χ3v) is 4.40. The standard InChI is InChI=1S/C17H27NO/c1-5-13(2)14-6-8-15(9-7-14)17(19,12-18(3)4)16-10-11-16/h6-9,13,16,19H,5,10-12H2,1-4H3. The Bertz CT molecular complexity index is 408. The van der Waals surface area contributed by atoms with Gasteiger partial charge in [-0.05, 0) is 56.3 Å². The highest BCUT2D eigenvalue weighted by Crippen LogP contribution is 2.46. The van der Waals surface area contributed by atoms with Crippen molar-refractivity contribution >= 4 is 0 Å². The van der Waals surface area contributed by atoms with Gasteiger partial charge in [0.1, 0.15) is 5.60 Å². The van der Waals surface area contributed by atoms with Crippen molar-refractivity contribution in [1.29, 1.82) is 0 Å². The van der Waals surface area contributed by atoms with E-state index in [1.165, 1.54) is 5.56 Å². The summed E-state index contributed by atoms with van der Waals surface area (Å²) in [6, 6.07) is 8.63. The monoisotopic (exact) mass is 261 g/mol. The fourth-order valence-electron chi connectivity index (χ4n) is 2.84. The molecule has 2 rings (SSSR count). The number of nitrogens with zero attached hydrogens (tertiary/aromatic N) is 1. The second kappa shape index (κ2) is 5.64. The zero-order valence-corrected chi connectivity index (χ0v) is 12.7. The fraction of sp³-hybridized carbons (Fsp3) is 0.647. The van der Waals surface area contributed by atoms with Crippen LogP contribution in [0, 0.1) is 5.92 Å². The van der Waals surface area contributed by atoms with Crippen LogP contribution in [0.3, 0.4) is 0 Å². The van der Waals surface area contributed by atoms with Crippen LogP contribution in [-0.2, 0) is 5.60 Å². The molecule has 1 fully saturated rings. The maximum atomic E-state index is 11.0. The van der Waals surface area contributed by atoms with Crippen LogP contribution < -0.4 is 0 Å². The number of rotatable bonds is 6. The van der Waals surface area contributed by atoms with Crippen molar-refractivity contribution < 1.29 is 5.11 Å². The van der Waals surface area contributed by atoms with E-state index in [1.54, 1.807) is 0 Å². The smallest absolute Gasteiger partial charge is 0.105 e. The van der Waals surface area contributed by atoms with Crippen LogP contribution in [0.2, 0.25) is 0 Å². The van der Waals surface area contributed by atoms with E-state index in [0.717, 1.165) is 24.8 Å². The van der Waals surface area contributed by atoms with Gasteiger partial charge in [0.25, 0.3) is 0 Å². The number of hydrogen-bond acceptors (Lipinski definition) is 2. The summed E-state index contributed by atoms with van der Waals surface area (Å²) in [4.78, 5) is 2.08. The van der Waals surface area contributed by atoms with Gasteiger partial charge < -0.3 is 10.0 Å². The van der Waals surface area contributed by atoms with Gasteiger partial charge in [-0.2, -0.15) is 0 Å². The molecular weight excluding hydrogens is 234 g/mol. The first-order valence-electron chi connectivity index (χ1n) is 7.45. The van der Waals surface area contributed by atoms with E-state index in [1.807, 2.05) is 14.1 Å². The van der Waals surface area contributed by atoms with Gasteiger partial charge in [-0.1, -0.05) is 38.1 Å². The molecule has 0 bridgehead atoms. The van der Waals surface area contributed by atoms with E-state index in [2.05, 4.69) is 43.0 Å². The molecule has 2 nitrogen and oxygen atoms in total. The molecule has 2 unspecified atom stereocenters. The maximum Gasteiger partial charge on any atom is 0.105 e. The summed E-state index contributed by atoms with van der Waals surface area (Å²) in [5, 5.41) is 11.0. The fourth-order valence-corrected chi connectivity index (χ4v) is 2.84. The molecule has 1 aliphatic carbocycles. The summed E-state index contributed by atoms with van der Waals surface area (Å²) >= 11 is 0. The van der Waals surface area contributed by atoms with Gasteiger partial charge in [0, 0.05) is 6.54 Å². The van der Waals surface area contributed by atoms with Crippen molar-refractivity contribution in [1.82, 2.24) is 4.90 Å². The molecule has 19 heavy (non-hydrogen) atoms. The molecule has 106 valence electrons. The predicted molar refractivity (Wildman–Crippen MR) is 80.3 cm³/mol. The van der Waals surface area contributed by atoms with Crippen molar-refractivity contribution in [3.05, 3.63) is 35.4 Å². The first-order valence-corrected chi connectivity index (χ1v) is 7.45. The van der Waals surface area contributed by atoms with Gasteiger partial charge in [-0.15, -0.1) is 0 Å². The Morgan fingerprint density at radius 2 is 1.84 bits per heavy atom. The number of likely N-dealkylation sites (N-methyl/N-ethyl adjacent to an activating group) is 1. The van der Waals surface area contributed by atoms with Crippen molar-refractivity contribution in [2.45, 2.75) is 44.6 Å². The summed E-state index contributed by atoms with van der Waals surface area (Å²) in [5.41, 5.74) is 1.78. The van der Waals surface area contributed by atoms with Gasteiger partial charge in [0.2, 0.25) is 0 Å². The van der Waals surface area contributed by atoms with Crippen molar-refractivity contribution in [3.63, 3.8) is 0 Å². The van der Waals surface area contributed by atoms with E-state index in [9.17, 15) is 5.11 Å². The van der Waals surface area contributed by atoms with E-state index < -0.39 is 5.60 Å². The first kappa shape index (κ1) is 14.5. The highest BCUT2D eigenvalue weighted by atomic mass is 16.3. The molecule has 0 saturated heterocycles. The van der Waals surface area contributed by atoms with Gasteiger partial charge in [-0.25, -0.2) is 0 Å². The van der Waals surface area contributed by atoms with E-state index in [-0.39, 0.29) is 0 Å². The van der Waals surface area contributed by atoms with Crippen molar-refractivity contribution in [3.8, 4) is 0 Å². The third kappa shape index (κ3) is 3.18. The minimum Gasteiger partial charge on any atom is -0.384 e. The Morgan fingerprint density at radius 3 is 2.26 bits per heavy atom. The summed E-state index contributed by atoms with van der Waals surface area (Å²) in [6.45, 7) is 5.17.